The van der Waals surface area contributed by atoms with Gasteiger partial charge in [0.1, 0.15) is 5.75 Å². The van der Waals surface area contributed by atoms with Crippen molar-refractivity contribution in [3.63, 3.8) is 0 Å². The van der Waals surface area contributed by atoms with E-state index in [1.54, 1.807) is 24.4 Å². The smallest absolute Gasteiger partial charge is 0.275 e. The standard InChI is InChI=1S/C16H12N4O4/c21-15-4-2-1-3-12(15)16(22)19-18-9-10-8-17-14-6-5-11(20(23)24)7-13(10)14/h1-9,17,21H,(H,19,22)/b18-9+. The number of non-ortho nitro benzene ring substituents is 1. The number of nitro benzene ring substituents is 1. The number of phenols is 1. The Kier molecular flexibility index (Phi) is 3.94. The Bertz CT molecular complexity index is 962. The second-order valence-electron chi connectivity index (χ2n) is 4.95. The minimum Gasteiger partial charge on any atom is -0.507 e. The number of nitro groups is 1. The van der Waals surface area contributed by atoms with Crippen LogP contribution in [0.4, 0.5) is 5.69 Å². The van der Waals surface area contributed by atoms with Gasteiger partial charge in [-0.1, -0.05) is 12.1 Å². The van der Waals surface area contributed by atoms with Gasteiger partial charge in [0, 0.05) is 34.8 Å². The van der Waals surface area contributed by atoms with Crippen molar-refractivity contribution in [1.29, 1.82) is 0 Å². The number of aromatic nitrogens is 1. The van der Waals surface area contributed by atoms with Crippen molar-refractivity contribution in [2.24, 2.45) is 5.10 Å². The zero-order valence-electron chi connectivity index (χ0n) is 12.3. The fourth-order valence-electron chi connectivity index (χ4n) is 2.24. The lowest BCUT2D eigenvalue weighted by molar-refractivity contribution is -0.384. The van der Waals surface area contributed by atoms with Crippen molar-refractivity contribution in [1.82, 2.24) is 10.4 Å². The van der Waals surface area contributed by atoms with Crippen LogP contribution in [0.2, 0.25) is 0 Å². The SMILES string of the molecule is O=C(N/N=C/c1c[nH]c2ccc([N+](=O)[O-])cc12)c1ccccc1O. The normalized spacial score (nSPS) is 11.0. The summed E-state index contributed by atoms with van der Waals surface area (Å²) in [6.45, 7) is 0. The van der Waals surface area contributed by atoms with Crippen molar-refractivity contribution >= 4 is 28.7 Å². The Morgan fingerprint density at radius 1 is 1.29 bits per heavy atom. The highest BCUT2D eigenvalue weighted by Gasteiger charge is 2.10. The van der Waals surface area contributed by atoms with Gasteiger partial charge in [0.15, 0.2) is 0 Å². The first-order chi connectivity index (χ1) is 11.6. The predicted octanol–water partition coefficient (Wildman–Crippen LogP) is 2.55. The highest BCUT2D eigenvalue weighted by Crippen LogP contribution is 2.22. The number of nitrogens with one attached hydrogen (secondary N) is 2. The molecule has 0 radical (unpaired) electrons. The third-order valence-electron chi connectivity index (χ3n) is 3.43. The molecule has 1 heterocycles. The molecule has 8 heteroatoms. The van der Waals surface area contributed by atoms with E-state index in [9.17, 15) is 20.0 Å². The Morgan fingerprint density at radius 2 is 2.08 bits per heavy atom. The van der Waals surface area contributed by atoms with Crippen LogP contribution in [0.1, 0.15) is 15.9 Å². The van der Waals surface area contributed by atoms with Gasteiger partial charge in [-0.3, -0.25) is 14.9 Å². The van der Waals surface area contributed by atoms with Gasteiger partial charge in [-0.2, -0.15) is 5.10 Å². The number of rotatable bonds is 4. The number of carbonyl (C=O) groups excluding carboxylic acids is 1. The van der Waals surface area contributed by atoms with Crippen LogP contribution in [0, 0.1) is 10.1 Å². The van der Waals surface area contributed by atoms with E-state index in [2.05, 4.69) is 15.5 Å². The summed E-state index contributed by atoms with van der Waals surface area (Å²) in [5, 5.41) is 24.9. The average Bonchev–Trinajstić information content (AvgIpc) is 2.97. The fourth-order valence-corrected chi connectivity index (χ4v) is 2.24. The van der Waals surface area contributed by atoms with Gasteiger partial charge in [0.2, 0.25) is 0 Å². The molecule has 3 rings (SSSR count). The monoisotopic (exact) mass is 324 g/mol. The molecule has 0 aliphatic rings. The fraction of sp³-hybridized carbons (Fsp3) is 0. The molecule has 3 N–H and O–H groups in total. The number of fused-ring (bicyclic) bond motifs is 1. The van der Waals surface area contributed by atoms with Crippen LogP contribution in [0.15, 0.2) is 53.8 Å². The molecule has 24 heavy (non-hydrogen) atoms. The maximum absolute atomic E-state index is 11.9. The van der Waals surface area contributed by atoms with E-state index in [1.165, 1.54) is 30.5 Å². The zero-order valence-corrected chi connectivity index (χ0v) is 12.3. The number of amides is 1. The number of hydrogen-bond donors (Lipinski definition) is 3. The molecular formula is C16H12N4O4. The van der Waals surface area contributed by atoms with E-state index in [1.807, 2.05) is 0 Å². The predicted molar refractivity (Wildman–Crippen MR) is 88.1 cm³/mol. The van der Waals surface area contributed by atoms with E-state index in [0.29, 0.717) is 16.5 Å². The molecule has 2 aromatic carbocycles. The largest absolute Gasteiger partial charge is 0.507 e. The highest BCUT2D eigenvalue weighted by molar-refractivity contribution is 6.01. The number of carbonyl (C=O) groups is 1. The van der Waals surface area contributed by atoms with Gasteiger partial charge < -0.3 is 10.1 Å². The number of aromatic amines is 1. The number of aromatic hydroxyl groups is 1. The maximum Gasteiger partial charge on any atom is 0.275 e. The van der Waals surface area contributed by atoms with Crippen LogP contribution in [0.3, 0.4) is 0 Å². The van der Waals surface area contributed by atoms with Gasteiger partial charge in [0.25, 0.3) is 11.6 Å². The molecule has 0 aliphatic heterocycles. The second-order valence-corrected chi connectivity index (χ2v) is 4.95. The first-order valence-electron chi connectivity index (χ1n) is 6.93. The molecule has 0 saturated heterocycles. The third kappa shape index (κ3) is 2.93. The summed E-state index contributed by atoms with van der Waals surface area (Å²) in [6, 6.07) is 10.5. The average molecular weight is 324 g/mol. The first-order valence-corrected chi connectivity index (χ1v) is 6.93. The summed E-state index contributed by atoms with van der Waals surface area (Å²) >= 11 is 0. The molecule has 3 aromatic rings. The van der Waals surface area contributed by atoms with Gasteiger partial charge in [0.05, 0.1) is 16.7 Å². The van der Waals surface area contributed by atoms with E-state index in [4.69, 9.17) is 0 Å². The minimum atomic E-state index is -0.560. The van der Waals surface area contributed by atoms with Crippen molar-refractivity contribution in [2.45, 2.75) is 0 Å². The summed E-state index contributed by atoms with van der Waals surface area (Å²) < 4.78 is 0. The lowest BCUT2D eigenvalue weighted by atomic mass is 10.1. The van der Waals surface area contributed by atoms with Crippen LogP contribution in [-0.4, -0.2) is 27.1 Å². The van der Waals surface area contributed by atoms with Gasteiger partial charge in [-0.15, -0.1) is 0 Å². The van der Waals surface area contributed by atoms with E-state index < -0.39 is 10.8 Å². The van der Waals surface area contributed by atoms with Gasteiger partial charge in [-0.25, -0.2) is 5.43 Å². The Balaban J connectivity index is 1.81. The molecule has 120 valence electrons. The summed E-state index contributed by atoms with van der Waals surface area (Å²) in [5.74, 6) is -0.705. The zero-order chi connectivity index (χ0) is 17.1. The molecule has 0 unspecified atom stereocenters. The Morgan fingerprint density at radius 3 is 2.83 bits per heavy atom. The van der Waals surface area contributed by atoms with Crippen molar-refractivity contribution < 1.29 is 14.8 Å². The van der Waals surface area contributed by atoms with Crippen LogP contribution < -0.4 is 5.43 Å². The number of hydrazone groups is 1. The van der Waals surface area contributed by atoms with E-state index in [0.717, 1.165) is 0 Å². The molecule has 1 amide bonds. The number of hydrogen-bond acceptors (Lipinski definition) is 5. The summed E-state index contributed by atoms with van der Waals surface area (Å²) in [7, 11) is 0. The van der Waals surface area contributed by atoms with Crippen LogP contribution >= 0.6 is 0 Å². The van der Waals surface area contributed by atoms with E-state index >= 15 is 0 Å². The van der Waals surface area contributed by atoms with Crippen LogP contribution in [-0.2, 0) is 0 Å². The molecule has 0 fully saturated rings. The molecule has 8 nitrogen and oxygen atoms in total. The number of H-pyrrole nitrogens is 1. The van der Waals surface area contributed by atoms with Crippen molar-refractivity contribution in [3.05, 3.63) is 69.9 Å². The summed E-state index contributed by atoms with van der Waals surface area (Å²) in [6.07, 6.45) is 3.00. The quantitative estimate of drug-likeness (QED) is 0.388. The maximum atomic E-state index is 11.9. The molecular weight excluding hydrogens is 312 g/mol. The van der Waals surface area contributed by atoms with Gasteiger partial charge in [-0.05, 0) is 18.2 Å². The number of nitrogens with zero attached hydrogens (tertiary/aromatic N) is 2. The topological polar surface area (TPSA) is 121 Å². The molecule has 0 saturated carbocycles. The number of phenolic OH excluding ortho intramolecular Hbond substituents is 1. The summed E-state index contributed by atoms with van der Waals surface area (Å²) in [5.41, 5.74) is 3.68. The van der Waals surface area contributed by atoms with Crippen molar-refractivity contribution in [2.75, 3.05) is 0 Å². The highest BCUT2D eigenvalue weighted by atomic mass is 16.6. The molecule has 0 aliphatic carbocycles. The molecule has 0 bridgehead atoms. The molecule has 1 aromatic heterocycles. The lowest BCUT2D eigenvalue weighted by Gasteiger charge is -2.01. The minimum absolute atomic E-state index is 0.0324. The third-order valence-corrected chi connectivity index (χ3v) is 3.43. The second kappa shape index (κ2) is 6.21. The summed E-state index contributed by atoms with van der Waals surface area (Å²) in [4.78, 5) is 25.3. The molecule has 0 spiro atoms. The Labute approximate surface area is 135 Å². The molecule has 0 atom stereocenters. The lowest BCUT2D eigenvalue weighted by Crippen LogP contribution is -2.17. The van der Waals surface area contributed by atoms with Crippen LogP contribution in [0.5, 0.6) is 5.75 Å². The Hall–Kier alpha value is -3.68. The van der Waals surface area contributed by atoms with Gasteiger partial charge >= 0.3 is 0 Å². The van der Waals surface area contributed by atoms with Crippen molar-refractivity contribution in [3.8, 4) is 5.75 Å². The van der Waals surface area contributed by atoms with Crippen LogP contribution in [0.25, 0.3) is 10.9 Å². The number of benzene rings is 2. The first kappa shape index (κ1) is 15.2. The van der Waals surface area contributed by atoms with E-state index in [-0.39, 0.29) is 17.0 Å². The number of para-hydroxylation sites is 1.